The molecular weight excluding hydrogens is 553 g/mol. The molecule has 214 valence electrons. The molecule has 0 radical (unpaired) electrons. The second-order valence-corrected chi connectivity index (χ2v) is 12.4. The molecule has 2 aromatic carbocycles. The van der Waals surface area contributed by atoms with Crippen molar-refractivity contribution in [2.75, 3.05) is 64.2 Å². The SMILES string of the molecule is O=c1ccc2ccc(OCCCC[N+]3(COP(=O)([O-])OCCO)CCN(c4cccc5sccc45)CC3)cc2[nH]1. The Labute approximate surface area is 236 Å². The predicted octanol–water partition coefficient (Wildman–Crippen LogP) is 3.69. The number of anilines is 1. The molecule has 1 aliphatic rings. The fourth-order valence-electron chi connectivity index (χ4n) is 5.14. The highest BCUT2D eigenvalue weighted by Gasteiger charge is 2.34. The van der Waals surface area contributed by atoms with Crippen LogP contribution in [0.2, 0.25) is 0 Å². The van der Waals surface area contributed by atoms with E-state index in [1.807, 2.05) is 18.2 Å². The van der Waals surface area contributed by atoms with Gasteiger partial charge in [-0.05, 0) is 60.0 Å². The number of benzene rings is 2. The Bertz CT molecular complexity index is 1530. The van der Waals surface area contributed by atoms with Gasteiger partial charge in [-0.2, -0.15) is 0 Å². The topological polar surface area (TPSA) is 124 Å². The van der Waals surface area contributed by atoms with E-state index in [9.17, 15) is 14.3 Å². The molecule has 1 fully saturated rings. The summed E-state index contributed by atoms with van der Waals surface area (Å²) in [6.45, 7) is 3.47. The predicted molar refractivity (Wildman–Crippen MR) is 155 cm³/mol. The Kier molecular flexibility index (Phi) is 9.22. The van der Waals surface area contributed by atoms with E-state index in [2.05, 4.69) is 39.5 Å². The van der Waals surface area contributed by atoms with Gasteiger partial charge in [-0.1, -0.05) is 6.07 Å². The number of unbranched alkanes of at least 4 members (excludes halogenated alkanes) is 1. The van der Waals surface area contributed by atoms with Gasteiger partial charge in [-0.3, -0.25) is 18.4 Å². The summed E-state index contributed by atoms with van der Waals surface area (Å²) < 4.78 is 30.0. The lowest BCUT2D eigenvalue weighted by atomic mass is 10.1. The van der Waals surface area contributed by atoms with Gasteiger partial charge < -0.3 is 29.1 Å². The zero-order valence-electron chi connectivity index (χ0n) is 22.2. The van der Waals surface area contributed by atoms with Crippen LogP contribution in [0.3, 0.4) is 0 Å². The Hall–Kier alpha value is -2.76. The second-order valence-electron chi connectivity index (χ2n) is 10.00. The first-order valence-corrected chi connectivity index (χ1v) is 15.7. The van der Waals surface area contributed by atoms with Crippen LogP contribution in [0.1, 0.15) is 12.8 Å². The van der Waals surface area contributed by atoms with Gasteiger partial charge in [0.1, 0.15) is 5.75 Å². The third-order valence-corrected chi connectivity index (χ3v) is 9.14. The summed E-state index contributed by atoms with van der Waals surface area (Å²) >= 11 is 1.72. The largest absolute Gasteiger partial charge is 0.756 e. The number of ether oxygens (including phenoxy) is 1. The summed E-state index contributed by atoms with van der Waals surface area (Å²) in [5.74, 6) is 0.686. The number of pyridine rings is 1. The van der Waals surface area contributed by atoms with Crippen molar-refractivity contribution in [3.63, 3.8) is 0 Å². The number of nitrogens with one attached hydrogen (secondary N) is 1. The molecule has 5 rings (SSSR count). The molecule has 2 aromatic heterocycles. The first-order chi connectivity index (χ1) is 19.4. The number of hydrogen-bond acceptors (Lipinski definition) is 9. The van der Waals surface area contributed by atoms with E-state index < -0.39 is 14.4 Å². The number of aliphatic hydroxyl groups excluding tert-OH is 1. The Morgan fingerprint density at radius 1 is 1.05 bits per heavy atom. The van der Waals surface area contributed by atoms with Crippen LogP contribution in [-0.4, -0.2) is 73.8 Å². The monoisotopic (exact) mass is 587 g/mol. The smallest absolute Gasteiger partial charge is 0.272 e. The van der Waals surface area contributed by atoms with Crippen molar-refractivity contribution in [2.24, 2.45) is 0 Å². The Balaban J connectivity index is 1.19. The lowest BCUT2D eigenvalue weighted by molar-refractivity contribution is -0.943. The van der Waals surface area contributed by atoms with E-state index in [1.165, 1.54) is 21.8 Å². The van der Waals surface area contributed by atoms with Crippen molar-refractivity contribution in [3.05, 3.63) is 70.3 Å². The number of H-pyrrole nitrogens is 1. The van der Waals surface area contributed by atoms with Crippen molar-refractivity contribution in [3.8, 4) is 5.75 Å². The minimum Gasteiger partial charge on any atom is -0.756 e. The van der Waals surface area contributed by atoms with E-state index in [4.69, 9.17) is 18.9 Å². The lowest BCUT2D eigenvalue weighted by Crippen LogP contribution is -2.61. The highest BCUT2D eigenvalue weighted by molar-refractivity contribution is 7.45. The summed E-state index contributed by atoms with van der Waals surface area (Å²) in [5.41, 5.74) is 1.77. The second kappa shape index (κ2) is 12.8. The molecule has 0 saturated carbocycles. The number of aromatic amines is 1. The standard InChI is InChI=1S/C28H34N3O7PS/c32-16-18-37-39(34,35)38-21-31(14-11-30(12-15-31)26-4-3-5-27-24(26)10-19-40-27)13-1-2-17-36-23-8-6-22-7-9-28(33)29-25(22)20-23/h3-10,19-20,32H,1-2,11-18,21H2,(H-,29,33,34,35). The molecule has 1 aliphatic heterocycles. The van der Waals surface area contributed by atoms with Gasteiger partial charge in [-0.25, -0.2) is 0 Å². The van der Waals surface area contributed by atoms with E-state index in [1.54, 1.807) is 17.4 Å². The van der Waals surface area contributed by atoms with E-state index in [0.29, 0.717) is 16.8 Å². The van der Waals surface area contributed by atoms with Crippen LogP contribution in [0.25, 0.3) is 21.0 Å². The number of fused-ring (bicyclic) bond motifs is 2. The first kappa shape index (κ1) is 28.8. The number of phosphoric ester groups is 1. The first-order valence-electron chi connectivity index (χ1n) is 13.4. The summed E-state index contributed by atoms with van der Waals surface area (Å²) in [5, 5.41) is 13.2. The Morgan fingerprint density at radius 2 is 1.88 bits per heavy atom. The minimum absolute atomic E-state index is 0.0123. The number of thiophene rings is 1. The molecule has 1 saturated heterocycles. The number of quaternary nitrogens is 1. The van der Waals surface area contributed by atoms with Crippen molar-refractivity contribution in [1.82, 2.24) is 4.98 Å². The third kappa shape index (κ3) is 7.11. The van der Waals surface area contributed by atoms with Gasteiger partial charge in [0.25, 0.3) is 7.82 Å². The average Bonchev–Trinajstić information content (AvgIpc) is 3.45. The molecule has 0 spiro atoms. The van der Waals surface area contributed by atoms with Crippen LogP contribution < -0.4 is 20.1 Å². The molecule has 3 heterocycles. The van der Waals surface area contributed by atoms with Gasteiger partial charge in [0.05, 0.1) is 58.1 Å². The highest BCUT2D eigenvalue weighted by Crippen LogP contribution is 2.39. The van der Waals surface area contributed by atoms with Crippen molar-refractivity contribution in [2.45, 2.75) is 12.8 Å². The summed E-state index contributed by atoms with van der Waals surface area (Å²) in [4.78, 5) is 29.0. The maximum absolute atomic E-state index is 12.2. The average molecular weight is 588 g/mol. The van der Waals surface area contributed by atoms with Gasteiger partial charge in [-0.15, -0.1) is 11.3 Å². The Morgan fingerprint density at radius 3 is 2.70 bits per heavy atom. The van der Waals surface area contributed by atoms with Crippen molar-refractivity contribution >= 4 is 45.8 Å². The number of rotatable bonds is 13. The van der Waals surface area contributed by atoms with E-state index in [0.717, 1.165) is 56.5 Å². The molecule has 0 bridgehead atoms. The van der Waals surface area contributed by atoms with Crippen LogP contribution in [0.15, 0.2) is 64.8 Å². The molecule has 12 heteroatoms. The summed E-state index contributed by atoms with van der Waals surface area (Å²) in [7, 11) is -4.51. The number of phosphoric acid groups is 1. The van der Waals surface area contributed by atoms with Crippen LogP contribution in [0, 0.1) is 0 Å². The third-order valence-electron chi connectivity index (χ3n) is 7.32. The maximum atomic E-state index is 12.2. The fourth-order valence-corrected chi connectivity index (χ4v) is 6.72. The van der Waals surface area contributed by atoms with Crippen LogP contribution >= 0.6 is 19.2 Å². The minimum atomic E-state index is -4.51. The number of nitrogens with zero attached hydrogens (tertiary/aromatic N) is 2. The van der Waals surface area contributed by atoms with Gasteiger partial charge in [0.15, 0.2) is 6.73 Å². The molecule has 0 amide bonds. The maximum Gasteiger partial charge on any atom is 0.272 e. The molecule has 4 aromatic rings. The summed E-state index contributed by atoms with van der Waals surface area (Å²) in [6.07, 6.45) is 1.59. The molecule has 10 nitrogen and oxygen atoms in total. The fraction of sp³-hybridized carbons (Fsp3) is 0.393. The van der Waals surface area contributed by atoms with Gasteiger partial charge >= 0.3 is 0 Å². The lowest BCUT2D eigenvalue weighted by Gasteiger charge is -2.46. The highest BCUT2D eigenvalue weighted by atomic mass is 32.1. The quantitative estimate of drug-likeness (QED) is 0.138. The van der Waals surface area contributed by atoms with E-state index >= 15 is 0 Å². The van der Waals surface area contributed by atoms with Gasteiger partial charge in [0, 0.05) is 27.9 Å². The molecular formula is C28H34N3O7PS. The van der Waals surface area contributed by atoms with Crippen LogP contribution in [0.5, 0.6) is 5.75 Å². The normalized spacial score (nSPS) is 16.8. The van der Waals surface area contributed by atoms with Crippen LogP contribution in [-0.2, 0) is 13.6 Å². The zero-order valence-corrected chi connectivity index (χ0v) is 23.9. The molecule has 40 heavy (non-hydrogen) atoms. The number of piperazine rings is 1. The zero-order chi connectivity index (χ0) is 28.0. The van der Waals surface area contributed by atoms with Gasteiger partial charge in [0.2, 0.25) is 5.56 Å². The molecule has 1 atom stereocenters. The molecule has 0 aliphatic carbocycles. The van der Waals surface area contributed by atoms with Crippen LogP contribution in [0.4, 0.5) is 5.69 Å². The molecule has 1 unspecified atom stereocenters. The van der Waals surface area contributed by atoms with Crippen molar-refractivity contribution in [1.29, 1.82) is 0 Å². The molecule has 2 N–H and O–H groups in total. The number of hydrogen-bond donors (Lipinski definition) is 2. The van der Waals surface area contributed by atoms with E-state index in [-0.39, 0.29) is 18.9 Å². The number of aromatic nitrogens is 1. The number of aliphatic hydroxyl groups is 1. The summed E-state index contributed by atoms with van der Waals surface area (Å²) in [6, 6.07) is 17.4. The van der Waals surface area contributed by atoms with Crippen molar-refractivity contribution < 1.29 is 32.8 Å².